The summed E-state index contributed by atoms with van der Waals surface area (Å²) in [6.45, 7) is 4.92. The molecule has 130 valence electrons. The smallest absolute Gasteiger partial charge is 0.308 e. The van der Waals surface area contributed by atoms with Crippen molar-refractivity contribution >= 4 is 17.8 Å². The van der Waals surface area contributed by atoms with Gasteiger partial charge in [-0.15, -0.1) is 0 Å². The van der Waals surface area contributed by atoms with Crippen LogP contribution in [0.2, 0.25) is 0 Å². The largest absolute Gasteiger partial charge is 0.466 e. The number of amides is 2. The Hall–Kier alpha value is -1.63. The molecule has 0 aliphatic carbocycles. The zero-order valence-corrected chi connectivity index (χ0v) is 13.8. The van der Waals surface area contributed by atoms with Crippen molar-refractivity contribution in [1.29, 1.82) is 0 Å². The van der Waals surface area contributed by atoms with Crippen molar-refractivity contribution < 1.29 is 19.1 Å². The Morgan fingerprint density at radius 3 is 2.70 bits per heavy atom. The summed E-state index contributed by atoms with van der Waals surface area (Å²) < 4.78 is 5.14. The summed E-state index contributed by atoms with van der Waals surface area (Å²) in [6, 6.07) is -0.736. The summed E-state index contributed by atoms with van der Waals surface area (Å²) >= 11 is 0. The first-order valence-corrected chi connectivity index (χ1v) is 8.58. The van der Waals surface area contributed by atoms with E-state index in [-0.39, 0.29) is 24.2 Å². The lowest BCUT2D eigenvalue weighted by Gasteiger charge is -2.37. The number of carbonyl (C=O) groups is 3. The minimum atomic E-state index is -0.736. The van der Waals surface area contributed by atoms with Gasteiger partial charge in [0.25, 0.3) is 0 Å². The maximum atomic E-state index is 12.7. The van der Waals surface area contributed by atoms with Gasteiger partial charge in [0.2, 0.25) is 11.8 Å². The van der Waals surface area contributed by atoms with Gasteiger partial charge in [-0.1, -0.05) is 13.3 Å². The molecule has 0 aromatic heterocycles. The summed E-state index contributed by atoms with van der Waals surface area (Å²) in [5.41, 5.74) is 0. The molecule has 0 bridgehead atoms. The molecule has 2 fully saturated rings. The van der Waals surface area contributed by atoms with Crippen LogP contribution in [-0.2, 0) is 19.1 Å². The van der Waals surface area contributed by atoms with Crippen molar-refractivity contribution in [1.82, 2.24) is 15.5 Å². The van der Waals surface area contributed by atoms with E-state index in [1.54, 1.807) is 4.90 Å². The Morgan fingerprint density at radius 1 is 1.26 bits per heavy atom. The Bertz CT molecular complexity index is 435. The standard InChI is InChI=1S/C16H27N3O4/c1-2-3-10-23-14(20)11-13-15(21)18-8-9-19(13)16(22)12-4-6-17-7-5-12/h12-13,17H,2-11H2,1H3,(H,18,21). The molecule has 1 unspecified atom stereocenters. The molecule has 2 rings (SSSR count). The molecule has 7 heteroatoms. The fraction of sp³-hybridized carbons (Fsp3) is 0.812. The highest BCUT2D eigenvalue weighted by Crippen LogP contribution is 2.19. The SMILES string of the molecule is CCCCOC(=O)CC1C(=O)NCCN1C(=O)C1CCNCC1. The lowest BCUT2D eigenvalue weighted by molar-refractivity contribution is -0.153. The van der Waals surface area contributed by atoms with E-state index in [0.717, 1.165) is 38.8 Å². The van der Waals surface area contributed by atoms with Gasteiger partial charge in [0.15, 0.2) is 0 Å². The molecular weight excluding hydrogens is 298 g/mol. The normalized spacial score (nSPS) is 22.6. The van der Waals surface area contributed by atoms with Crippen molar-refractivity contribution in [3.05, 3.63) is 0 Å². The number of esters is 1. The summed E-state index contributed by atoms with van der Waals surface area (Å²) in [6.07, 6.45) is 3.25. The number of unbranched alkanes of at least 4 members (excludes halogenated alkanes) is 1. The van der Waals surface area contributed by atoms with Gasteiger partial charge >= 0.3 is 5.97 Å². The second-order valence-electron chi connectivity index (χ2n) is 6.14. The molecule has 0 spiro atoms. The van der Waals surface area contributed by atoms with Crippen LogP contribution in [0.25, 0.3) is 0 Å². The predicted octanol–water partition coefficient (Wildman–Crippen LogP) is 0.0464. The molecular formula is C16H27N3O4. The van der Waals surface area contributed by atoms with Gasteiger partial charge in [0.05, 0.1) is 13.0 Å². The van der Waals surface area contributed by atoms with Crippen molar-refractivity contribution in [2.45, 2.75) is 45.1 Å². The molecule has 2 aliphatic heterocycles. The van der Waals surface area contributed by atoms with Gasteiger partial charge in [0, 0.05) is 19.0 Å². The quantitative estimate of drug-likeness (QED) is 0.532. The van der Waals surface area contributed by atoms with E-state index in [2.05, 4.69) is 10.6 Å². The molecule has 23 heavy (non-hydrogen) atoms. The predicted molar refractivity (Wildman–Crippen MR) is 84.6 cm³/mol. The van der Waals surface area contributed by atoms with Crippen LogP contribution < -0.4 is 10.6 Å². The Kier molecular flexibility index (Phi) is 6.83. The van der Waals surface area contributed by atoms with Crippen LogP contribution in [0, 0.1) is 5.92 Å². The maximum Gasteiger partial charge on any atom is 0.308 e. The monoisotopic (exact) mass is 325 g/mol. The van der Waals surface area contributed by atoms with E-state index < -0.39 is 12.0 Å². The van der Waals surface area contributed by atoms with Gasteiger partial charge < -0.3 is 20.3 Å². The Morgan fingerprint density at radius 2 is 2.00 bits per heavy atom. The molecule has 0 radical (unpaired) electrons. The van der Waals surface area contributed by atoms with Crippen LogP contribution in [0.1, 0.15) is 39.0 Å². The van der Waals surface area contributed by atoms with Gasteiger partial charge in [-0.05, 0) is 32.4 Å². The first-order valence-electron chi connectivity index (χ1n) is 8.58. The number of rotatable bonds is 6. The zero-order valence-electron chi connectivity index (χ0n) is 13.8. The molecule has 2 N–H and O–H groups in total. The maximum absolute atomic E-state index is 12.7. The summed E-state index contributed by atoms with van der Waals surface area (Å²) in [4.78, 5) is 38.4. The van der Waals surface area contributed by atoms with E-state index in [9.17, 15) is 14.4 Å². The van der Waals surface area contributed by atoms with Crippen molar-refractivity contribution in [3.8, 4) is 0 Å². The minimum Gasteiger partial charge on any atom is -0.466 e. The third kappa shape index (κ3) is 4.92. The fourth-order valence-electron chi connectivity index (χ4n) is 3.03. The lowest BCUT2D eigenvalue weighted by atomic mass is 9.95. The van der Waals surface area contributed by atoms with Crippen molar-refractivity contribution in [2.24, 2.45) is 5.92 Å². The van der Waals surface area contributed by atoms with Crippen LogP contribution in [-0.4, -0.2) is 61.5 Å². The Labute approximate surface area is 137 Å². The van der Waals surface area contributed by atoms with E-state index >= 15 is 0 Å². The number of hydrogen-bond acceptors (Lipinski definition) is 5. The molecule has 2 saturated heterocycles. The average molecular weight is 325 g/mol. The third-order valence-corrected chi connectivity index (χ3v) is 4.42. The highest BCUT2D eigenvalue weighted by molar-refractivity contribution is 5.92. The average Bonchev–Trinajstić information content (AvgIpc) is 2.57. The molecule has 0 saturated carbocycles. The molecule has 2 amide bonds. The van der Waals surface area contributed by atoms with Gasteiger partial charge in [0.1, 0.15) is 6.04 Å². The van der Waals surface area contributed by atoms with Gasteiger partial charge in [-0.25, -0.2) is 0 Å². The molecule has 2 heterocycles. The highest BCUT2D eigenvalue weighted by atomic mass is 16.5. The van der Waals surface area contributed by atoms with Crippen molar-refractivity contribution in [3.63, 3.8) is 0 Å². The number of piperazine rings is 1. The third-order valence-electron chi connectivity index (χ3n) is 4.42. The summed E-state index contributed by atoms with van der Waals surface area (Å²) in [5, 5.41) is 5.97. The molecule has 1 atom stereocenters. The molecule has 0 aromatic carbocycles. The van der Waals surface area contributed by atoms with E-state index in [1.165, 1.54) is 0 Å². The van der Waals surface area contributed by atoms with Crippen molar-refractivity contribution in [2.75, 3.05) is 32.8 Å². The number of ether oxygens (including phenoxy) is 1. The summed E-state index contributed by atoms with van der Waals surface area (Å²) in [5.74, 6) is -0.733. The number of nitrogens with one attached hydrogen (secondary N) is 2. The van der Waals surface area contributed by atoms with Gasteiger partial charge in [-0.3, -0.25) is 14.4 Å². The van der Waals surface area contributed by atoms with Gasteiger partial charge in [-0.2, -0.15) is 0 Å². The first kappa shape index (κ1) is 17.7. The van der Waals surface area contributed by atoms with Crippen LogP contribution in [0.4, 0.5) is 0 Å². The second-order valence-corrected chi connectivity index (χ2v) is 6.14. The Balaban J connectivity index is 1.96. The second kappa shape index (κ2) is 8.86. The zero-order chi connectivity index (χ0) is 16.7. The number of hydrogen-bond donors (Lipinski definition) is 2. The minimum absolute atomic E-state index is 0.00675. The summed E-state index contributed by atoms with van der Waals surface area (Å²) in [7, 11) is 0. The molecule has 7 nitrogen and oxygen atoms in total. The van der Waals surface area contributed by atoms with Crippen LogP contribution in [0.15, 0.2) is 0 Å². The fourth-order valence-corrected chi connectivity index (χ4v) is 3.03. The first-order chi connectivity index (χ1) is 11.1. The van der Waals surface area contributed by atoms with Crippen LogP contribution in [0.5, 0.6) is 0 Å². The highest BCUT2D eigenvalue weighted by Gasteiger charge is 2.37. The van der Waals surface area contributed by atoms with Crippen LogP contribution in [0.3, 0.4) is 0 Å². The molecule has 2 aliphatic rings. The van der Waals surface area contributed by atoms with E-state index in [1.807, 2.05) is 6.92 Å². The van der Waals surface area contributed by atoms with E-state index in [4.69, 9.17) is 4.74 Å². The number of piperidine rings is 1. The topological polar surface area (TPSA) is 87.7 Å². The van der Waals surface area contributed by atoms with E-state index in [0.29, 0.717) is 19.7 Å². The van der Waals surface area contributed by atoms with Crippen LogP contribution >= 0.6 is 0 Å². The molecule has 0 aromatic rings. The lowest BCUT2D eigenvalue weighted by Crippen LogP contribution is -2.59. The number of nitrogens with zero attached hydrogens (tertiary/aromatic N) is 1. The number of carbonyl (C=O) groups excluding carboxylic acids is 3.